The quantitative estimate of drug-likeness (QED) is 0.570. The number of amides is 2. The van der Waals surface area contributed by atoms with Gasteiger partial charge in [0.1, 0.15) is 5.82 Å². The summed E-state index contributed by atoms with van der Waals surface area (Å²) in [5.74, 6) is 1.26. The molecule has 180 valence electrons. The smallest absolute Gasteiger partial charge is 0.321 e. The van der Waals surface area contributed by atoms with E-state index in [0.29, 0.717) is 30.9 Å². The minimum atomic E-state index is -0.0729. The van der Waals surface area contributed by atoms with Gasteiger partial charge in [0.05, 0.1) is 16.9 Å². The van der Waals surface area contributed by atoms with Crippen LogP contribution in [0, 0.1) is 0 Å². The summed E-state index contributed by atoms with van der Waals surface area (Å²) in [6, 6.07) is 15.5. The number of benzene rings is 2. The van der Waals surface area contributed by atoms with Gasteiger partial charge in [-0.2, -0.15) is 0 Å². The summed E-state index contributed by atoms with van der Waals surface area (Å²) < 4.78 is 1.83. The van der Waals surface area contributed by atoms with Crippen molar-refractivity contribution in [1.82, 2.24) is 19.4 Å². The summed E-state index contributed by atoms with van der Waals surface area (Å²) in [5.41, 5.74) is 2.83. The molecular weight excluding hydrogens is 426 g/mol. The number of rotatable bonds is 6. The molecule has 2 aromatic carbocycles. The number of aromatic nitrogens is 2. The Balaban J connectivity index is 1.44. The van der Waals surface area contributed by atoms with Gasteiger partial charge in [-0.3, -0.25) is 14.3 Å². The van der Waals surface area contributed by atoms with Crippen molar-refractivity contribution in [2.75, 3.05) is 31.5 Å². The van der Waals surface area contributed by atoms with E-state index < -0.39 is 0 Å². The number of para-hydroxylation sites is 1. The van der Waals surface area contributed by atoms with E-state index in [9.17, 15) is 9.59 Å². The molecule has 0 spiro atoms. The second-order valence-electron chi connectivity index (χ2n) is 9.35. The molecule has 3 aromatic rings. The van der Waals surface area contributed by atoms with E-state index in [-0.39, 0.29) is 17.6 Å². The zero-order valence-corrected chi connectivity index (χ0v) is 20.6. The van der Waals surface area contributed by atoms with Crippen LogP contribution in [0.3, 0.4) is 0 Å². The Bertz CT molecular complexity index is 1190. The van der Waals surface area contributed by atoms with Crippen LogP contribution in [0.15, 0.2) is 53.3 Å². The lowest BCUT2D eigenvalue weighted by Gasteiger charge is -2.38. The summed E-state index contributed by atoms with van der Waals surface area (Å²) in [6.07, 6.45) is 0.867. The number of piperazine rings is 1. The predicted molar refractivity (Wildman–Crippen MR) is 137 cm³/mol. The molecular formula is C27H35N5O2. The van der Waals surface area contributed by atoms with Crippen LogP contribution in [-0.4, -0.2) is 51.6 Å². The van der Waals surface area contributed by atoms with E-state index in [0.717, 1.165) is 36.5 Å². The summed E-state index contributed by atoms with van der Waals surface area (Å²) >= 11 is 0. The maximum atomic E-state index is 13.1. The topological polar surface area (TPSA) is 70.5 Å². The van der Waals surface area contributed by atoms with E-state index in [1.165, 1.54) is 5.56 Å². The number of urea groups is 1. The average Bonchev–Trinajstić information content (AvgIpc) is 2.85. The maximum absolute atomic E-state index is 13.1. The maximum Gasteiger partial charge on any atom is 0.321 e. The van der Waals surface area contributed by atoms with Crippen molar-refractivity contribution in [3.05, 3.63) is 70.3 Å². The first-order valence-corrected chi connectivity index (χ1v) is 12.3. The lowest BCUT2D eigenvalue weighted by molar-refractivity contribution is 0.114. The van der Waals surface area contributed by atoms with Gasteiger partial charge >= 0.3 is 6.03 Å². The minimum Gasteiger partial charge on any atom is -0.322 e. The van der Waals surface area contributed by atoms with Crippen molar-refractivity contribution in [2.24, 2.45) is 0 Å². The molecule has 1 unspecified atom stereocenters. The van der Waals surface area contributed by atoms with Crippen LogP contribution in [0.25, 0.3) is 10.9 Å². The molecule has 0 aliphatic carbocycles. The molecule has 0 saturated carbocycles. The number of carbonyl (C=O) groups excluding carboxylic acids is 1. The van der Waals surface area contributed by atoms with Crippen LogP contribution < -0.4 is 10.9 Å². The SMILES string of the molecule is CCCn1c(C(C)N2CCN(C(=O)Nc3ccc(C(C)C)cc3)CC2)nc2ccccc2c1=O. The van der Waals surface area contributed by atoms with Gasteiger partial charge in [-0.15, -0.1) is 0 Å². The van der Waals surface area contributed by atoms with Gasteiger partial charge in [0, 0.05) is 38.4 Å². The highest BCUT2D eigenvalue weighted by molar-refractivity contribution is 5.89. The number of fused-ring (bicyclic) bond motifs is 1. The highest BCUT2D eigenvalue weighted by atomic mass is 16.2. The molecule has 34 heavy (non-hydrogen) atoms. The summed E-state index contributed by atoms with van der Waals surface area (Å²) in [4.78, 5) is 35.0. The standard InChI is InChI=1S/C27H35N5O2/c1-5-14-32-25(29-24-9-7-6-8-23(24)26(32)33)20(4)30-15-17-31(18-16-30)27(34)28-22-12-10-21(11-13-22)19(2)3/h6-13,19-20H,5,14-18H2,1-4H3,(H,28,34). The van der Waals surface area contributed by atoms with Gasteiger partial charge in [-0.05, 0) is 49.1 Å². The van der Waals surface area contributed by atoms with Gasteiger partial charge in [0.2, 0.25) is 0 Å². The molecule has 4 rings (SSSR count). The van der Waals surface area contributed by atoms with Crippen LogP contribution in [0.4, 0.5) is 10.5 Å². The predicted octanol–water partition coefficient (Wildman–Crippen LogP) is 4.84. The molecule has 1 aliphatic rings. The Kier molecular flexibility index (Phi) is 7.32. The lowest BCUT2D eigenvalue weighted by Crippen LogP contribution is -2.51. The summed E-state index contributed by atoms with van der Waals surface area (Å²) in [6.45, 7) is 11.9. The second kappa shape index (κ2) is 10.4. The highest BCUT2D eigenvalue weighted by Crippen LogP contribution is 2.22. The molecule has 2 heterocycles. The molecule has 7 nitrogen and oxygen atoms in total. The number of nitrogens with zero attached hydrogens (tertiary/aromatic N) is 4. The Labute approximate surface area is 201 Å². The van der Waals surface area contributed by atoms with Gasteiger partial charge in [-0.1, -0.05) is 45.0 Å². The Morgan fingerprint density at radius 2 is 1.68 bits per heavy atom. The first kappa shape index (κ1) is 24.0. The zero-order chi connectivity index (χ0) is 24.2. The van der Waals surface area contributed by atoms with Crippen LogP contribution in [-0.2, 0) is 6.54 Å². The van der Waals surface area contributed by atoms with Crippen LogP contribution in [0.2, 0.25) is 0 Å². The third kappa shape index (κ3) is 4.99. The van der Waals surface area contributed by atoms with Crippen LogP contribution in [0.1, 0.15) is 57.5 Å². The Morgan fingerprint density at radius 1 is 1.00 bits per heavy atom. The number of carbonyl (C=O) groups is 1. The van der Waals surface area contributed by atoms with Gasteiger partial charge in [0.25, 0.3) is 5.56 Å². The number of hydrogen-bond donors (Lipinski definition) is 1. The number of anilines is 1. The average molecular weight is 462 g/mol. The molecule has 1 fully saturated rings. The monoisotopic (exact) mass is 461 g/mol. The Hall–Kier alpha value is -3.19. The largest absolute Gasteiger partial charge is 0.322 e. The van der Waals surface area contributed by atoms with Gasteiger partial charge in [-0.25, -0.2) is 9.78 Å². The van der Waals surface area contributed by atoms with Crippen molar-refractivity contribution < 1.29 is 4.79 Å². The second-order valence-corrected chi connectivity index (χ2v) is 9.35. The zero-order valence-electron chi connectivity index (χ0n) is 20.6. The molecule has 1 atom stereocenters. The molecule has 2 amide bonds. The fourth-order valence-corrected chi connectivity index (χ4v) is 4.57. The van der Waals surface area contributed by atoms with Crippen molar-refractivity contribution >= 4 is 22.6 Å². The number of nitrogens with one attached hydrogen (secondary N) is 1. The van der Waals surface area contributed by atoms with Crippen molar-refractivity contribution in [1.29, 1.82) is 0 Å². The molecule has 0 bridgehead atoms. The summed E-state index contributed by atoms with van der Waals surface area (Å²) in [5, 5.41) is 3.68. The van der Waals surface area contributed by atoms with E-state index >= 15 is 0 Å². The Morgan fingerprint density at radius 3 is 2.32 bits per heavy atom. The van der Waals surface area contributed by atoms with E-state index in [1.54, 1.807) is 0 Å². The molecule has 1 aromatic heterocycles. The lowest BCUT2D eigenvalue weighted by atomic mass is 10.0. The summed E-state index contributed by atoms with van der Waals surface area (Å²) in [7, 11) is 0. The van der Waals surface area contributed by atoms with Crippen molar-refractivity contribution in [3.8, 4) is 0 Å². The molecule has 1 N–H and O–H groups in total. The molecule has 1 saturated heterocycles. The van der Waals surface area contributed by atoms with Gasteiger partial charge in [0.15, 0.2) is 0 Å². The normalized spacial score (nSPS) is 15.6. The fourth-order valence-electron chi connectivity index (χ4n) is 4.57. The van der Waals surface area contributed by atoms with Gasteiger partial charge < -0.3 is 10.2 Å². The molecule has 0 radical (unpaired) electrons. The van der Waals surface area contributed by atoms with Crippen LogP contribution in [0.5, 0.6) is 0 Å². The number of hydrogen-bond acceptors (Lipinski definition) is 4. The fraction of sp³-hybridized carbons (Fsp3) is 0.444. The third-order valence-electron chi connectivity index (χ3n) is 6.69. The highest BCUT2D eigenvalue weighted by Gasteiger charge is 2.27. The molecule has 7 heteroatoms. The minimum absolute atomic E-state index is 0.0161. The molecule has 1 aliphatic heterocycles. The van der Waals surface area contributed by atoms with Crippen molar-refractivity contribution in [2.45, 2.75) is 52.6 Å². The van der Waals surface area contributed by atoms with E-state index in [1.807, 2.05) is 45.9 Å². The third-order valence-corrected chi connectivity index (χ3v) is 6.69. The first-order valence-electron chi connectivity index (χ1n) is 12.3. The van der Waals surface area contributed by atoms with Crippen molar-refractivity contribution in [3.63, 3.8) is 0 Å². The van der Waals surface area contributed by atoms with E-state index in [4.69, 9.17) is 4.98 Å². The van der Waals surface area contributed by atoms with Crippen LogP contribution >= 0.6 is 0 Å². The first-order chi connectivity index (χ1) is 16.4. The van der Waals surface area contributed by atoms with E-state index in [2.05, 4.69) is 50.0 Å².